The Bertz CT molecular complexity index is 463. The highest BCUT2D eigenvalue weighted by atomic mass is 32.2. The second-order valence-electron chi connectivity index (χ2n) is 4.50. The second kappa shape index (κ2) is 6.99. The summed E-state index contributed by atoms with van der Waals surface area (Å²) in [5, 5.41) is 11.8. The lowest BCUT2D eigenvalue weighted by molar-refractivity contribution is -0.0328. The van der Waals surface area contributed by atoms with E-state index in [1.807, 2.05) is 0 Å². The number of carbonyl (C=O) groups is 1. The van der Waals surface area contributed by atoms with Gasteiger partial charge in [-0.25, -0.2) is 0 Å². The number of carbonyl (C=O) groups excluding carboxylic acids is 1. The number of thioether (sulfide) groups is 1. The maximum absolute atomic E-state index is 12.4. The monoisotopic (exact) mass is 307 g/mol. The van der Waals surface area contributed by atoms with Crippen LogP contribution in [-0.2, 0) is 0 Å². The molecule has 7 heteroatoms. The van der Waals surface area contributed by atoms with E-state index in [1.165, 1.54) is 24.3 Å². The average molecular weight is 307 g/mol. The quantitative estimate of drug-likeness (QED) is 0.821. The topological polar surface area (TPSA) is 49.3 Å². The van der Waals surface area contributed by atoms with Gasteiger partial charge in [-0.1, -0.05) is 12.1 Å². The van der Waals surface area contributed by atoms with Crippen LogP contribution in [0.2, 0.25) is 0 Å². The molecule has 1 aromatic rings. The van der Waals surface area contributed by atoms with Crippen LogP contribution in [0.25, 0.3) is 0 Å². The molecule has 1 amide bonds. The molecule has 3 nitrogen and oxygen atoms in total. The van der Waals surface area contributed by atoms with Crippen molar-refractivity contribution >= 4 is 17.7 Å². The lowest BCUT2D eigenvalue weighted by atomic mass is 10.1. The van der Waals surface area contributed by atoms with Gasteiger partial charge >= 0.3 is 5.51 Å². The van der Waals surface area contributed by atoms with E-state index in [4.69, 9.17) is 0 Å². The van der Waals surface area contributed by atoms with Gasteiger partial charge in [0.1, 0.15) is 0 Å². The summed E-state index contributed by atoms with van der Waals surface area (Å²) < 4.78 is 37.3. The summed E-state index contributed by atoms with van der Waals surface area (Å²) in [6, 6.07) is 5.23. The van der Waals surface area contributed by atoms with Crippen molar-refractivity contribution in [2.45, 2.75) is 42.8 Å². The molecular formula is C13H16F3NO2S. The number of benzene rings is 1. The molecule has 0 spiro atoms. The van der Waals surface area contributed by atoms with Gasteiger partial charge in [-0.15, -0.1) is 0 Å². The van der Waals surface area contributed by atoms with Gasteiger partial charge in [0.2, 0.25) is 0 Å². The summed E-state index contributed by atoms with van der Waals surface area (Å²) in [5.41, 5.74) is -4.46. The van der Waals surface area contributed by atoms with Crippen LogP contribution in [0.5, 0.6) is 0 Å². The van der Waals surface area contributed by atoms with Gasteiger partial charge in [-0.2, -0.15) is 13.2 Å². The fourth-order valence-electron chi connectivity index (χ4n) is 1.74. The molecule has 0 saturated heterocycles. The molecule has 0 aliphatic heterocycles. The number of aliphatic hydroxyl groups excluding tert-OH is 1. The molecule has 112 valence electrons. The van der Waals surface area contributed by atoms with Crippen molar-refractivity contribution in [2.75, 3.05) is 0 Å². The summed E-state index contributed by atoms with van der Waals surface area (Å²) in [5.74, 6) is -0.578. The van der Waals surface area contributed by atoms with E-state index in [0.29, 0.717) is 6.42 Å². The van der Waals surface area contributed by atoms with Crippen molar-refractivity contribution in [3.8, 4) is 0 Å². The van der Waals surface area contributed by atoms with Crippen LogP contribution in [0.1, 0.15) is 30.6 Å². The fourth-order valence-corrected chi connectivity index (χ4v) is 2.41. The van der Waals surface area contributed by atoms with Crippen LogP contribution in [-0.4, -0.2) is 28.7 Å². The number of nitrogens with one attached hydrogen (secondary N) is 1. The van der Waals surface area contributed by atoms with Crippen molar-refractivity contribution in [3.05, 3.63) is 29.8 Å². The van der Waals surface area contributed by atoms with Crippen LogP contribution in [0, 0.1) is 0 Å². The fraction of sp³-hybridized carbons (Fsp3) is 0.462. The second-order valence-corrected chi connectivity index (χ2v) is 5.61. The van der Waals surface area contributed by atoms with Crippen molar-refractivity contribution in [1.82, 2.24) is 5.32 Å². The van der Waals surface area contributed by atoms with Gasteiger partial charge in [0.05, 0.1) is 11.7 Å². The Hall–Kier alpha value is -1.21. The molecule has 0 radical (unpaired) electrons. The Kier molecular flexibility index (Phi) is 5.88. The summed E-state index contributed by atoms with van der Waals surface area (Å²) >= 11 is -0.314. The SMILES string of the molecule is CC(O)CC(C)NC(=O)c1ccccc1SC(F)(F)F. The Morgan fingerprint density at radius 2 is 1.95 bits per heavy atom. The van der Waals surface area contributed by atoms with Crippen LogP contribution < -0.4 is 5.32 Å². The first kappa shape index (κ1) is 16.8. The van der Waals surface area contributed by atoms with E-state index in [1.54, 1.807) is 13.8 Å². The van der Waals surface area contributed by atoms with Crippen LogP contribution in [0.3, 0.4) is 0 Å². The highest BCUT2D eigenvalue weighted by Crippen LogP contribution is 2.38. The summed E-state index contributed by atoms with van der Waals surface area (Å²) in [6.07, 6.45) is -0.259. The van der Waals surface area contributed by atoms with Gasteiger partial charge in [-0.3, -0.25) is 4.79 Å². The van der Waals surface area contributed by atoms with E-state index in [9.17, 15) is 23.1 Å². The smallest absolute Gasteiger partial charge is 0.393 e. The minimum atomic E-state index is -4.44. The number of aliphatic hydroxyl groups is 1. The first-order chi connectivity index (χ1) is 9.19. The Labute approximate surface area is 119 Å². The van der Waals surface area contributed by atoms with Crippen LogP contribution in [0.4, 0.5) is 13.2 Å². The summed E-state index contributed by atoms with van der Waals surface area (Å²) in [4.78, 5) is 11.8. The largest absolute Gasteiger partial charge is 0.446 e. The van der Waals surface area contributed by atoms with Crippen LogP contribution in [0.15, 0.2) is 29.2 Å². The Morgan fingerprint density at radius 3 is 2.50 bits per heavy atom. The van der Waals surface area contributed by atoms with Gasteiger partial charge in [0.15, 0.2) is 0 Å². The van der Waals surface area contributed by atoms with E-state index in [0.717, 1.165) is 0 Å². The molecule has 0 saturated carbocycles. The maximum Gasteiger partial charge on any atom is 0.446 e. The highest BCUT2D eigenvalue weighted by molar-refractivity contribution is 8.00. The third-order valence-electron chi connectivity index (χ3n) is 2.43. The number of amides is 1. The molecule has 0 aliphatic rings. The third kappa shape index (κ3) is 5.83. The van der Waals surface area contributed by atoms with Gasteiger partial charge < -0.3 is 10.4 Å². The summed E-state index contributed by atoms with van der Waals surface area (Å²) in [7, 11) is 0. The molecule has 2 N–H and O–H groups in total. The molecule has 0 fully saturated rings. The predicted molar refractivity (Wildman–Crippen MR) is 71.6 cm³/mol. The zero-order chi connectivity index (χ0) is 15.3. The lowest BCUT2D eigenvalue weighted by Gasteiger charge is -2.17. The minimum absolute atomic E-state index is 0.0210. The summed E-state index contributed by atoms with van der Waals surface area (Å²) in [6.45, 7) is 3.26. The molecule has 1 rings (SSSR count). The zero-order valence-corrected chi connectivity index (χ0v) is 11.9. The Balaban J connectivity index is 2.82. The van der Waals surface area contributed by atoms with E-state index >= 15 is 0 Å². The van der Waals surface area contributed by atoms with Crippen molar-refractivity contribution in [3.63, 3.8) is 0 Å². The van der Waals surface area contributed by atoms with Gasteiger partial charge in [0, 0.05) is 10.9 Å². The first-order valence-electron chi connectivity index (χ1n) is 6.02. The predicted octanol–water partition coefficient (Wildman–Crippen LogP) is 3.19. The molecule has 0 heterocycles. The zero-order valence-electron chi connectivity index (χ0n) is 11.1. The number of halogens is 3. The van der Waals surface area contributed by atoms with Crippen LogP contribution >= 0.6 is 11.8 Å². The number of rotatable bonds is 5. The molecule has 2 unspecified atom stereocenters. The van der Waals surface area contributed by atoms with E-state index < -0.39 is 17.5 Å². The molecular weight excluding hydrogens is 291 g/mol. The molecule has 0 aliphatic carbocycles. The molecule has 0 aromatic heterocycles. The molecule has 0 bridgehead atoms. The number of hydrogen-bond donors (Lipinski definition) is 2. The number of hydrogen-bond acceptors (Lipinski definition) is 3. The highest BCUT2D eigenvalue weighted by Gasteiger charge is 2.31. The maximum atomic E-state index is 12.4. The van der Waals surface area contributed by atoms with Crippen molar-refractivity contribution < 1.29 is 23.1 Å². The van der Waals surface area contributed by atoms with Crippen molar-refractivity contribution in [2.24, 2.45) is 0 Å². The standard InChI is InChI=1S/C13H16F3NO2S/c1-8(7-9(2)18)17-12(19)10-5-3-4-6-11(10)20-13(14,15)16/h3-6,8-9,18H,7H2,1-2H3,(H,17,19). The number of alkyl halides is 3. The third-order valence-corrected chi connectivity index (χ3v) is 3.24. The Morgan fingerprint density at radius 1 is 1.35 bits per heavy atom. The average Bonchev–Trinajstić information content (AvgIpc) is 2.25. The van der Waals surface area contributed by atoms with Crippen molar-refractivity contribution in [1.29, 1.82) is 0 Å². The molecule has 1 aromatic carbocycles. The van der Waals surface area contributed by atoms with Gasteiger partial charge in [0.25, 0.3) is 5.91 Å². The molecule has 20 heavy (non-hydrogen) atoms. The minimum Gasteiger partial charge on any atom is -0.393 e. The molecule has 2 atom stereocenters. The van der Waals surface area contributed by atoms with E-state index in [-0.39, 0.29) is 28.3 Å². The normalized spacial score (nSPS) is 14.7. The first-order valence-corrected chi connectivity index (χ1v) is 6.84. The van der Waals surface area contributed by atoms with E-state index in [2.05, 4.69) is 5.32 Å². The lowest BCUT2D eigenvalue weighted by Crippen LogP contribution is -2.35. The van der Waals surface area contributed by atoms with Gasteiger partial charge in [-0.05, 0) is 44.2 Å².